The Morgan fingerprint density at radius 2 is 1.93 bits per heavy atom. The Morgan fingerprint density at radius 3 is 2.61 bits per heavy atom. The molecule has 0 unspecified atom stereocenters. The lowest BCUT2D eigenvalue weighted by atomic mass is 10.1. The van der Waals surface area contributed by atoms with Crippen LogP contribution in [0.15, 0.2) is 41.4 Å². The van der Waals surface area contributed by atoms with Gasteiger partial charge in [0.1, 0.15) is 6.54 Å². The van der Waals surface area contributed by atoms with Gasteiger partial charge >= 0.3 is 5.97 Å². The van der Waals surface area contributed by atoms with Crippen molar-refractivity contribution in [1.29, 1.82) is 0 Å². The number of carbonyl (C=O) groups is 3. The highest BCUT2D eigenvalue weighted by atomic mass is 32.2. The van der Waals surface area contributed by atoms with Crippen LogP contribution in [0.5, 0.6) is 0 Å². The van der Waals surface area contributed by atoms with Gasteiger partial charge in [-0.1, -0.05) is 6.07 Å². The van der Waals surface area contributed by atoms with Gasteiger partial charge in [-0.15, -0.1) is 0 Å². The van der Waals surface area contributed by atoms with Gasteiger partial charge < -0.3 is 9.30 Å². The lowest BCUT2D eigenvalue weighted by molar-refractivity contribution is -0.149. The smallest absolute Gasteiger partial charge is 0.326 e. The van der Waals surface area contributed by atoms with E-state index in [0.29, 0.717) is 0 Å². The molecule has 0 spiro atoms. The molecule has 146 valence electrons. The number of amides is 2. The molecular formula is C21H22N2O4S. The summed E-state index contributed by atoms with van der Waals surface area (Å²) in [5.41, 5.74) is 4.12. The van der Waals surface area contributed by atoms with Crippen LogP contribution in [0.2, 0.25) is 0 Å². The number of aryl methyl sites for hydroxylation is 2. The van der Waals surface area contributed by atoms with Gasteiger partial charge in [0, 0.05) is 17.6 Å². The summed E-state index contributed by atoms with van der Waals surface area (Å²) in [6.45, 7) is 7.15. The molecule has 1 fully saturated rings. The molecule has 0 aliphatic carbocycles. The molecule has 2 heterocycles. The predicted molar refractivity (Wildman–Crippen MR) is 109 cm³/mol. The number of imide groups is 1. The van der Waals surface area contributed by atoms with Crippen LogP contribution in [0.25, 0.3) is 11.8 Å². The van der Waals surface area contributed by atoms with Crippen molar-refractivity contribution in [2.45, 2.75) is 33.8 Å². The van der Waals surface area contributed by atoms with E-state index in [1.165, 1.54) is 11.1 Å². The van der Waals surface area contributed by atoms with Gasteiger partial charge in [-0.25, -0.2) is 0 Å². The summed E-state index contributed by atoms with van der Waals surface area (Å²) >= 11 is 0.828. The van der Waals surface area contributed by atoms with E-state index in [1.54, 1.807) is 19.9 Å². The third-order valence-electron chi connectivity index (χ3n) is 4.36. The van der Waals surface area contributed by atoms with Crippen molar-refractivity contribution in [2.75, 3.05) is 6.54 Å². The molecule has 1 aromatic carbocycles. The monoisotopic (exact) mass is 398 g/mol. The third-order valence-corrected chi connectivity index (χ3v) is 5.26. The lowest BCUT2D eigenvalue weighted by Gasteiger charge is -2.13. The quantitative estimate of drug-likeness (QED) is 0.561. The van der Waals surface area contributed by atoms with Gasteiger partial charge in [0.25, 0.3) is 11.1 Å². The van der Waals surface area contributed by atoms with E-state index >= 15 is 0 Å². The van der Waals surface area contributed by atoms with E-state index in [1.807, 2.05) is 42.0 Å². The maximum atomic E-state index is 12.6. The van der Waals surface area contributed by atoms with E-state index in [9.17, 15) is 14.4 Å². The topological polar surface area (TPSA) is 68.6 Å². The number of aromatic nitrogens is 1. The van der Waals surface area contributed by atoms with Crippen molar-refractivity contribution < 1.29 is 19.1 Å². The van der Waals surface area contributed by atoms with Crippen molar-refractivity contribution in [3.05, 3.63) is 58.3 Å². The van der Waals surface area contributed by atoms with Gasteiger partial charge in [0.2, 0.25) is 0 Å². The summed E-state index contributed by atoms with van der Waals surface area (Å²) in [4.78, 5) is 37.8. The standard InChI is InChI=1S/C21H22N2O4S/c1-13(2)27-19(24)12-23-20(25)18(28-21(23)26)11-16-6-5-9-22(16)17-8-7-14(3)15(4)10-17/h5-11,13H,12H2,1-4H3. The second-order valence-electron chi connectivity index (χ2n) is 6.88. The summed E-state index contributed by atoms with van der Waals surface area (Å²) < 4.78 is 6.98. The zero-order valence-corrected chi connectivity index (χ0v) is 17.1. The molecule has 1 aromatic heterocycles. The first kappa shape index (κ1) is 19.9. The molecule has 2 amide bonds. The maximum Gasteiger partial charge on any atom is 0.326 e. The molecule has 0 radical (unpaired) electrons. The summed E-state index contributed by atoms with van der Waals surface area (Å²) in [5.74, 6) is -1.08. The Labute approximate surface area is 168 Å². The highest BCUT2D eigenvalue weighted by Gasteiger charge is 2.37. The van der Waals surface area contributed by atoms with E-state index < -0.39 is 17.1 Å². The second-order valence-corrected chi connectivity index (χ2v) is 7.87. The fourth-order valence-electron chi connectivity index (χ4n) is 2.82. The number of ether oxygens (including phenoxy) is 1. The molecule has 0 atom stereocenters. The van der Waals surface area contributed by atoms with E-state index in [2.05, 4.69) is 13.0 Å². The minimum absolute atomic E-state index is 0.283. The van der Waals surface area contributed by atoms with Gasteiger partial charge in [-0.2, -0.15) is 0 Å². The summed E-state index contributed by atoms with van der Waals surface area (Å²) in [5, 5.41) is -0.471. The molecule has 1 aliphatic rings. The molecule has 0 bridgehead atoms. The van der Waals surface area contributed by atoms with Crippen LogP contribution in [0.3, 0.4) is 0 Å². The maximum absolute atomic E-state index is 12.6. The van der Waals surface area contributed by atoms with Crippen molar-refractivity contribution in [3.8, 4) is 5.69 Å². The number of hydrogen-bond acceptors (Lipinski definition) is 5. The summed E-state index contributed by atoms with van der Waals surface area (Å²) in [7, 11) is 0. The predicted octanol–water partition coefficient (Wildman–Crippen LogP) is 4.08. The number of hydrogen-bond donors (Lipinski definition) is 0. The summed E-state index contributed by atoms with van der Waals surface area (Å²) in [6.07, 6.45) is 3.28. The molecule has 28 heavy (non-hydrogen) atoms. The highest BCUT2D eigenvalue weighted by molar-refractivity contribution is 8.18. The minimum atomic E-state index is -0.600. The minimum Gasteiger partial charge on any atom is -0.462 e. The van der Waals surface area contributed by atoms with Gasteiger partial charge in [0.15, 0.2) is 0 Å². The normalized spacial score (nSPS) is 15.8. The van der Waals surface area contributed by atoms with Gasteiger partial charge in [0.05, 0.1) is 11.0 Å². The fraction of sp³-hybridized carbons (Fsp3) is 0.286. The summed E-state index contributed by atoms with van der Waals surface area (Å²) in [6, 6.07) is 9.87. The number of esters is 1. The van der Waals surface area contributed by atoms with Crippen LogP contribution >= 0.6 is 11.8 Å². The Balaban J connectivity index is 1.84. The van der Waals surface area contributed by atoms with Crippen LogP contribution < -0.4 is 0 Å². The van der Waals surface area contributed by atoms with Crippen molar-refractivity contribution in [3.63, 3.8) is 0 Å². The third kappa shape index (κ3) is 4.20. The molecular weight excluding hydrogens is 376 g/mol. The van der Waals surface area contributed by atoms with Crippen LogP contribution in [-0.2, 0) is 14.3 Å². The number of thioether (sulfide) groups is 1. The fourth-order valence-corrected chi connectivity index (χ4v) is 3.65. The molecule has 1 aliphatic heterocycles. The number of carbonyl (C=O) groups excluding carboxylic acids is 3. The first-order valence-electron chi connectivity index (χ1n) is 8.96. The van der Waals surface area contributed by atoms with Crippen molar-refractivity contribution in [1.82, 2.24) is 9.47 Å². The molecule has 7 heteroatoms. The van der Waals surface area contributed by atoms with Crippen LogP contribution in [0.4, 0.5) is 4.79 Å². The van der Waals surface area contributed by atoms with Gasteiger partial charge in [-0.3, -0.25) is 19.3 Å². The largest absolute Gasteiger partial charge is 0.462 e. The van der Waals surface area contributed by atoms with Crippen LogP contribution in [0.1, 0.15) is 30.7 Å². The van der Waals surface area contributed by atoms with E-state index in [4.69, 9.17) is 4.74 Å². The molecule has 0 saturated carbocycles. The van der Waals surface area contributed by atoms with E-state index in [-0.39, 0.29) is 17.6 Å². The Hall–Kier alpha value is -2.80. The lowest BCUT2D eigenvalue weighted by Crippen LogP contribution is -2.35. The average molecular weight is 398 g/mol. The Bertz CT molecular complexity index is 975. The zero-order chi connectivity index (χ0) is 20.4. The molecule has 1 saturated heterocycles. The number of benzene rings is 1. The first-order valence-corrected chi connectivity index (χ1v) is 9.77. The zero-order valence-electron chi connectivity index (χ0n) is 16.3. The van der Waals surface area contributed by atoms with Crippen molar-refractivity contribution in [2.24, 2.45) is 0 Å². The SMILES string of the molecule is Cc1ccc(-n2cccc2C=C2SC(=O)N(CC(=O)OC(C)C)C2=O)cc1C. The molecule has 2 aromatic rings. The van der Waals surface area contributed by atoms with Crippen LogP contribution in [0, 0.1) is 13.8 Å². The van der Waals surface area contributed by atoms with Crippen molar-refractivity contribution >= 4 is 35.0 Å². The van der Waals surface area contributed by atoms with E-state index in [0.717, 1.165) is 28.0 Å². The first-order chi connectivity index (χ1) is 13.3. The number of rotatable bonds is 5. The number of nitrogens with zero attached hydrogens (tertiary/aromatic N) is 2. The average Bonchev–Trinajstić information content (AvgIpc) is 3.17. The Morgan fingerprint density at radius 1 is 1.18 bits per heavy atom. The molecule has 0 N–H and O–H groups in total. The molecule has 6 nitrogen and oxygen atoms in total. The molecule has 3 rings (SSSR count). The van der Waals surface area contributed by atoms with Gasteiger partial charge in [-0.05, 0) is 80.9 Å². The second kappa shape index (κ2) is 8.06. The highest BCUT2D eigenvalue weighted by Crippen LogP contribution is 2.32. The van der Waals surface area contributed by atoms with Crippen LogP contribution in [-0.4, -0.2) is 39.2 Å². The Kier molecular flexibility index (Phi) is 5.74.